The number of ether oxygens (including phenoxy) is 2. The van der Waals surface area contributed by atoms with Crippen molar-refractivity contribution < 1.29 is 14.3 Å². The second-order valence-corrected chi connectivity index (χ2v) is 6.91. The number of carbonyl (C=O) groups is 1. The van der Waals surface area contributed by atoms with Gasteiger partial charge in [0.25, 0.3) is 5.91 Å². The molecule has 2 aliphatic rings. The zero-order valence-electron chi connectivity index (χ0n) is 15.1. The van der Waals surface area contributed by atoms with Crippen molar-refractivity contribution in [1.29, 1.82) is 0 Å². The van der Waals surface area contributed by atoms with Crippen molar-refractivity contribution >= 4 is 5.91 Å². The minimum absolute atomic E-state index is 0.151. The standard InChI is InChI=1S/C20H30N2O3/c23-20(19-9-4-5-14-25-19)22-11-6-10-21(12-15-24-16-13-22)17-18-7-2-1-3-8-18/h1-3,7-8,19H,4-6,9-17H2. The summed E-state index contributed by atoms with van der Waals surface area (Å²) in [6.07, 6.45) is 3.77. The fourth-order valence-electron chi connectivity index (χ4n) is 3.54. The SMILES string of the molecule is O=C(C1CCCCO1)N1CCCN(Cc2ccccc2)CCOCC1. The smallest absolute Gasteiger partial charge is 0.251 e. The number of benzene rings is 1. The van der Waals surface area contributed by atoms with Crippen molar-refractivity contribution in [3.63, 3.8) is 0 Å². The Morgan fingerprint density at radius 2 is 1.80 bits per heavy atom. The molecule has 25 heavy (non-hydrogen) atoms. The molecule has 5 heteroatoms. The Hall–Kier alpha value is -1.43. The average molecular weight is 346 g/mol. The number of amides is 1. The molecule has 138 valence electrons. The minimum Gasteiger partial charge on any atom is -0.378 e. The molecule has 0 aliphatic carbocycles. The summed E-state index contributed by atoms with van der Waals surface area (Å²) in [5.41, 5.74) is 1.32. The van der Waals surface area contributed by atoms with Crippen LogP contribution < -0.4 is 0 Å². The molecule has 5 nitrogen and oxygen atoms in total. The molecule has 1 aromatic carbocycles. The van der Waals surface area contributed by atoms with E-state index in [1.54, 1.807) is 0 Å². The maximum atomic E-state index is 12.7. The lowest BCUT2D eigenvalue weighted by Crippen LogP contribution is -2.45. The van der Waals surface area contributed by atoms with Crippen molar-refractivity contribution in [1.82, 2.24) is 9.80 Å². The van der Waals surface area contributed by atoms with Crippen molar-refractivity contribution in [2.45, 2.75) is 38.3 Å². The van der Waals surface area contributed by atoms with Crippen LogP contribution in [0, 0.1) is 0 Å². The van der Waals surface area contributed by atoms with E-state index in [0.29, 0.717) is 19.8 Å². The van der Waals surface area contributed by atoms with Crippen molar-refractivity contribution in [2.75, 3.05) is 46.0 Å². The van der Waals surface area contributed by atoms with Gasteiger partial charge in [-0.05, 0) is 31.2 Å². The molecule has 2 aliphatic heterocycles. The highest BCUT2D eigenvalue weighted by Crippen LogP contribution is 2.16. The molecule has 1 amide bonds. The molecule has 0 saturated carbocycles. The van der Waals surface area contributed by atoms with E-state index in [-0.39, 0.29) is 12.0 Å². The van der Waals surface area contributed by atoms with Crippen LogP contribution in [0.25, 0.3) is 0 Å². The molecule has 0 aromatic heterocycles. The Kier molecular flexibility index (Phi) is 7.27. The van der Waals surface area contributed by atoms with Crippen molar-refractivity contribution in [3.05, 3.63) is 35.9 Å². The molecular weight excluding hydrogens is 316 g/mol. The van der Waals surface area contributed by atoms with Gasteiger partial charge in [0.1, 0.15) is 6.10 Å². The summed E-state index contributed by atoms with van der Waals surface area (Å²) in [7, 11) is 0. The van der Waals surface area contributed by atoms with Crippen LogP contribution in [0.3, 0.4) is 0 Å². The normalized spacial score (nSPS) is 24.0. The summed E-state index contributed by atoms with van der Waals surface area (Å²) in [5, 5.41) is 0. The van der Waals surface area contributed by atoms with Crippen LogP contribution in [-0.2, 0) is 20.8 Å². The third-order valence-electron chi connectivity index (χ3n) is 4.98. The lowest BCUT2D eigenvalue weighted by molar-refractivity contribution is -0.147. The molecule has 2 fully saturated rings. The highest BCUT2D eigenvalue weighted by atomic mass is 16.5. The zero-order valence-corrected chi connectivity index (χ0v) is 15.1. The molecular formula is C20H30N2O3. The average Bonchev–Trinajstić information content (AvgIpc) is 2.67. The van der Waals surface area contributed by atoms with Crippen LogP contribution >= 0.6 is 0 Å². The molecule has 0 spiro atoms. The lowest BCUT2D eigenvalue weighted by atomic mass is 10.1. The maximum Gasteiger partial charge on any atom is 0.251 e. The first-order valence-electron chi connectivity index (χ1n) is 9.57. The van der Waals surface area contributed by atoms with Gasteiger partial charge >= 0.3 is 0 Å². The first kappa shape index (κ1) is 18.4. The lowest BCUT2D eigenvalue weighted by Gasteiger charge is -2.31. The second-order valence-electron chi connectivity index (χ2n) is 6.91. The molecule has 3 rings (SSSR count). The van der Waals surface area contributed by atoms with Gasteiger partial charge in [-0.25, -0.2) is 0 Å². The number of hydrogen-bond donors (Lipinski definition) is 0. The van der Waals surface area contributed by atoms with E-state index in [0.717, 1.165) is 58.5 Å². The van der Waals surface area contributed by atoms with Gasteiger partial charge < -0.3 is 14.4 Å². The van der Waals surface area contributed by atoms with E-state index in [4.69, 9.17) is 9.47 Å². The van der Waals surface area contributed by atoms with Gasteiger partial charge in [0.05, 0.1) is 13.2 Å². The van der Waals surface area contributed by atoms with Crippen molar-refractivity contribution in [2.24, 2.45) is 0 Å². The van der Waals surface area contributed by atoms with E-state index < -0.39 is 0 Å². The van der Waals surface area contributed by atoms with E-state index in [9.17, 15) is 4.79 Å². The first-order chi connectivity index (χ1) is 12.3. The fourth-order valence-corrected chi connectivity index (χ4v) is 3.54. The van der Waals surface area contributed by atoms with Crippen LogP contribution in [0.5, 0.6) is 0 Å². The van der Waals surface area contributed by atoms with Gasteiger partial charge in [-0.1, -0.05) is 30.3 Å². The summed E-state index contributed by atoms with van der Waals surface area (Å²) < 4.78 is 11.4. The Bertz CT molecular complexity index is 517. The van der Waals surface area contributed by atoms with E-state index in [2.05, 4.69) is 29.2 Å². The van der Waals surface area contributed by atoms with Crippen LogP contribution in [0.15, 0.2) is 30.3 Å². The van der Waals surface area contributed by atoms with E-state index >= 15 is 0 Å². The summed E-state index contributed by atoms with van der Waals surface area (Å²) in [6, 6.07) is 10.5. The van der Waals surface area contributed by atoms with Crippen molar-refractivity contribution in [3.8, 4) is 0 Å². The summed E-state index contributed by atoms with van der Waals surface area (Å²) in [4.78, 5) is 17.1. The fraction of sp³-hybridized carbons (Fsp3) is 0.650. The van der Waals surface area contributed by atoms with Gasteiger partial charge in [-0.2, -0.15) is 0 Å². The summed E-state index contributed by atoms with van der Waals surface area (Å²) in [6.45, 7) is 6.36. The van der Waals surface area contributed by atoms with Crippen LogP contribution in [0.2, 0.25) is 0 Å². The van der Waals surface area contributed by atoms with Crippen LogP contribution in [0.1, 0.15) is 31.2 Å². The molecule has 1 aromatic rings. The number of nitrogens with zero attached hydrogens (tertiary/aromatic N) is 2. The topological polar surface area (TPSA) is 42.0 Å². The van der Waals surface area contributed by atoms with Crippen LogP contribution in [0.4, 0.5) is 0 Å². The third kappa shape index (κ3) is 5.80. The Morgan fingerprint density at radius 1 is 0.960 bits per heavy atom. The Labute approximate surface area is 150 Å². The van der Waals surface area contributed by atoms with Gasteiger partial charge in [0, 0.05) is 39.3 Å². The third-order valence-corrected chi connectivity index (χ3v) is 4.98. The molecule has 1 atom stereocenters. The second kappa shape index (κ2) is 9.90. The number of rotatable bonds is 3. The number of hydrogen-bond acceptors (Lipinski definition) is 4. The van der Waals surface area contributed by atoms with Gasteiger partial charge in [-0.15, -0.1) is 0 Å². The molecule has 0 N–H and O–H groups in total. The van der Waals surface area contributed by atoms with Gasteiger partial charge in [0.15, 0.2) is 0 Å². The maximum absolute atomic E-state index is 12.7. The summed E-state index contributed by atoms with van der Waals surface area (Å²) in [5.74, 6) is 0.151. The highest BCUT2D eigenvalue weighted by molar-refractivity contribution is 5.81. The predicted molar refractivity (Wildman–Crippen MR) is 97.3 cm³/mol. The molecule has 2 heterocycles. The van der Waals surface area contributed by atoms with E-state index in [1.165, 1.54) is 5.56 Å². The number of carbonyl (C=O) groups excluding carboxylic acids is 1. The quantitative estimate of drug-likeness (QED) is 0.842. The monoisotopic (exact) mass is 346 g/mol. The van der Waals surface area contributed by atoms with Gasteiger partial charge in [-0.3, -0.25) is 9.69 Å². The zero-order chi connectivity index (χ0) is 17.3. The highest BCUT2D eigenvalue weighted by Gasteiger charge is 2.27. The predicted octanol–water partition coefficient (Wildman–Crippen LogP) is 2.31. The van der Waals surface area contributed by atoms with E-state index in [1.807, 2.05) is 11.0 Å². The van der Waals surface area contributed by atoms with Gasteiger partial charge in [0.2, 0.25) is 0 Å². The largest absolute Gasteiger partial charge is 0.378 e. The minimum atomic E-state index is -0.239. The molecule has 1 unspecified atom stereocenters. The Balaban J connectivity index is 1.53. The Morgan fingerprint density at radius 3 is 2.60 bits per heavy atom. The van der Waals surface area contributed by atoms with Crippen LogP contribution in [-0.4, -0.2) is 67.8 Å². The first-order valence-corrected chi connectivity index (χ1v) is 9.57. The molecule has 2 saturated heterocycles. The molecule has 0 bridgehead atoms. The molecule has 0 radical (unpaired) electrons. The summed E-state index contributed by atoms with van der Waals surface area (Å²) >= 11 is 0.